The third kappa shape index (κ3) is 5.56. The molecule has 0 N–H and O–H groups in total. The van der Waals surface area contributed by atoms with Crippen molar-refractivity contribution in [2.75, 3.05) is 0 Å². The molecular weight excluding hydrogens is 701 g/mol. The van der Waals surface area contributed by atoms with Crippen molar-refractivity contribution in [2.24, 2.45) is 0 Å². The van der Waals surface area contributed by atoms with E-state index in [1.54, 1.807) is 0 Å². The molecule has 8 aromatic carbocycles. The molecule has 0 amide bonds. The van der Waals surface area contributed by atoms with Crippen LogP contribution in [0.4, 0.5) is 0 Å². The summed E-state index contributed by atoms with van der Waals surface area (Å²) in [5, 5.41) is 4.94. The molecule has 0 atom stereocenters. The van der Waals surface area contributed by atoms with Crippen LogP contribution in [-0.2, 0) is 0 Å². The highest BCUT2D eigenvalue weighted by Gasteiger charge is 2.16. The molecule has 4 nitrogen and oxygen atoms in total. The van der Waals surface area contributed by atoms with Crippen LogP contribution in [0.25, 0.3) is 104 Å². The van der Waals surface area contributed by atoms with E-state index in [4.69, 9.17) is 15.0 Å². The maximum absolute atomic E-state index is 5.00. The summed E-state index contributed by atoms with van der Waals surface area (Å²) in [6, 6.07) is 68.8. The van der Waals surface area contributed by atoms with E-state index in [1.165, 1.54) is 69.9 Å². The lowest BCUT2D eigenvalue weighted by molar-refractivity contribution is 1.07. The van der Waals surface area contributed by atoms with Crippen LogP contribution in [0.5, 0.6) is 0 Å². The molecule has 11 aromatic rings. The molecule has 0 bridgehead atoms. The Balaban J connectivity index is 0.959. The first-order valence-corrected chi connectivity index (χ1v) is 19.6. The summed E-state index contributed by atoms with van der Waals surface area (Å²) < 4.78 is 4.85. The van der Waals surface area contributed by atoms with Crippen molar-refractivity contribution in [1.82, 2.24) is 19.5 Å². The molecule has 56 heavy (non-hydrogen) atoms. The van der Waals surface area contributed by atoms with E-state index in [2.05, 4.69) is 138 Å². The molecule has 0 aliphatic rings. The summed E-state index contributed by atoms with van der Waals surface area (Å²) in [6.07, 6.45) is 0. The Morgan fingerprint density at radius 1 is 0.304 bits per heavy atom. The lowest BCUT2D eigenvalue weighted by Gasteiger charge is -2.09. The molecule has 0 aliphatic heterocycles. The lowest BCUT2D eigenvalue weighted by Crippen LogP contribution is -2.00. The molecule has 3 heterocycles. The van der Waals surface area contributed by atoms with Crippen molar-refractivity contribution in [2.45, 2.75) is 0 Å². The minimum atomic E-state index is 0.661. The summed E-state index contributed by atoms with van der Waals surface area (Å²) in [4.78, 5) is 14.9. The van der Waals surface area contributed by atoms with Crippen LogP contribution in [0.15, 0.2) is 194 Å². The van der Waals surface area contributed by atoms with Crippen LogP contribution < -0.4 is 0 Å². The molecule has 0 spiro atoms. The molecule has 0 saturated carbocycles. The fraction of sp³-hybridized carbons (Fsp3) is 0. The molecule has 5 heteroatoms. The number of fused-ring (bicyclic) bond motifs is 6. The maximum atomic E-state index is 5.00. The average molecular weight is 733 g/mol. The Labute approximate surface area is 327 Å². The number of para-hydroxylation sites is 2. The second-order valence-electron chi connectivity index (χ2n) is 14.1. The fourth-order valence-corrected chi connectivity index (χ4v) is 8.96. The lowest BCUT2D eigenvalue weighted by atomic mass is 9.98. The first kappa shape index (κ1) is 32.2. The second kappa shape index (κ2) is 13.3. The van der Waals surface area contributed by atoms with Crippen molar-refractivity contribution in [3.8, 4) is 62.1 Å². The number of hydrogen-bond acceptors (Lipinski definition) is 4. The van der Waals surface area contributed by atoms with E-state index in [1.807, 2.05) is 72.0 Å². The zero-order chi connectivity index (χ0) is 37.0. The molecule has 262 valence electrons. The second-order valence-corrected chi connectivity index (χ2v) is 15.1. The van der Waals surface area contributed by atoms with Crippen LogP contribution in [0.2, 0.25) is 0 Å². The van der Waals surface area contributed by atoms with Gasteiger partial charge in [0.25, 0.3) is 0 Å². The molecular formula is C51H32N4S. The van der Waals surface area contributed by atoms with Gasteiger partial charge >= 0.3 is 0 Å². The van der Waals surface area contributed by atoms with E-state index in [-0.39, 0.29) is 0 Å². The van der Waals surface area contributed by atoms with Gasteiger partial charge in [-0.05, 0) is 82.9 Å². The monoisotopic (exact) mass is 732 g/mol. The Bertz CT molecular complexity index is 3160. The van der Waals surface area contributed by atoms with E-state index >= 15 is 0 Å². The van der Waals surface area contributed by atoms with Crippen LogP contribution >= 0.6 is 11.3 Å². The van der Waals surface area contributed by atoms with E-state index in [0.717, 1.165) is 16.7 Å². The van der Waals surface area contributed by atoms with Crippen LogP contribution in [0.3, 0.4) is 0 Å². The predicted octanol–water partition coefficient (Wildman–Crippen LogP) is 13.7. The van der Waals surface area contributed by atoms with E-state index < -0.39 is 0 Å². The molecule has 0 unspecified atom stereocenters. The summed E-state index contributed by atoms with van der Waals surface area (Å²) in [6.45, 7) is 0. The first-order chi connectivity index (χ1) is 27.7. The Hall–Kier alpha value is -7.21. The van der Waals surface area contributed by atoms with E-state index in [0.29, 0.717) is 17.5 Å². The average Bonchev–Trinajstić information content (AvgIpc) is 3.82. The van der Waals surface area contributed by atoms with Gasteiger partial charge in [0.1, 0.15) is 0 Å². The third-order valence-corrected chi connectivity index (χ3v) is 11.8. The number of nitrogens with zero attached hydrogens (tertiary/aromatic N) is 4. The molecule has 11 rings (SSSR count). The van der Waals surface area contributed by atoms with Gasteiger partial charge in [0.2, 0.25) is 0 Å². The highest BCUT2D eigenvalue weighted by atomic mass is 32.1. The predicted molar refractivity (Wildman–Crippen MR) is 234 cm³/mol. The Morgan fingerprint density at radius 3 is 1.34 bits per heavy atom. The Kier molecular flexibility index (Phi) is 7.64. The number of benzene rings is 8. The van der Waals surface area contributed by atoms with Crippen molar-refractivity contribution in [1.29, 1.82) is 0 Å². The summed E-state index contributed by atoms with van der Waals surface area (Å²) in [5.74, 6) is 1.98. The molecule has 0 aliphatic carbocycles. The standard InChI is InChI=1S/C51H32N4S/c1-4-12-35(13-5-1)49-52-50(36-14-6-2-7-15-36)54-51(53-49)39-26-29-48-44(32-39)43-31-38(25-28-47(43)56-48)34-22-20-33(21-23-34)37-24-27-46-42(30-37)41-18-10-11-19-45(41)55(46)40-16-8-3-9-17-40/h1-32H. The fourth-order valence-electron chi connectivity index (χ4n) is 7.90. The minimum absolute atomic E-state index is 0.661. The van der Waals surface area contributed by atoms with Gasteiger partial charge in [-0.15, -0.1) is 11.3 Å². The smallest absolute Gasteiger partial charge is 0.164 e. The van der Waals surface area contributed by atoms with Crippen LogP contribution in [0, 0.1) is 0 Å². The van der Waals surface area contributed by atoms with E-state index in [9.17, 15) is 0 Å². The topological polar surface area (TPSA) is 43.6 Å². The maximum Gasteiger partial charge on any atom is 0.164 e. The largest absolute Gasteiger partial charge is 0.309 e. The SMILES string of the molecule is c1ccc(-c2nc(-c3ccccc3)nc(-c3ccc4sc5ccc(-c6ccc(-c7ccc8c(c7)c7ccccc7n8-c7ccccc7)cc6)cc5c4c3)n2)cc1. The van der Waals surface area contributed by atoms with Crippen molar-refractivity contribution in [3.63, 3.8) is 0 Å². The van der Waals surface area contributed by atoms with Crippen molar-refractivity contribution in [3.05, 3.63) is 194 Å². The summed E-state index contributed by atoms with van der Waals surface area (Å²) in [7, 11) is 0. The zero-order valence-electron chi connectivity index (χ0n) is 30.2. The molecule has 0 fully saturated rings. The van der Waals surface area contributed by atoms with Gasteiger partial charge in [0.05, 0.1) is 11.0 Å². The van der Waals surface area contributed by atoms with Gasteiger partial charge in [-0.1, -0.05) is 133 Å². The minimum Gasteiger partial charge on any atom is -0.309 e. The third-order valence-electron chi connectivity index (χ3n) is 10.7. The van der Waals surface area contributed by atoms with Gasteiger partial charge in [-0.25, -0.2) is 15.0 Å². The van der Waals surface area contributed by atoms with Crippen LogP contribution in [0.1, 0.15) is 0 Å². The first-order valence-electron chi connectivity index (χ1n) is 18.8. The highest BCUT2D eigenvalue weighted by molar-refractivity contribution is 7.25. The molecule has 0 radical (unpaired) electrons. The number of aromatic nitrogens is 4. The summed E-state index contributed by atoms with van der Waals surface area (Å²) >= 11 is 1.82. The zero-order valence-corrected chi connectivity index (χ0v) is 31.0. The normalized spacial score (nSPS) is 11.6. The number of hydrogen-bond donors (Lipinski definition) is 0. The van der Waals surface area contributed by atoms with Crippen molar-refractivity contribution < 1.29 is 0 Å². The number of thiophene rings is 1. The van der Waals surface area contributed by atoms with Crippen molar-refractivity contribution >= 4 is 53.3 Å². The van der Waals surface area contributed by atoms with Gasteiger partial charge in [0.15, 0.2) is 17.5 Å². The van der Waals surface area contributed by atoms with Crippen LogP contribution in [-0.4, -0.2) is 19.5 Å². The quantitative estimate of drug-likeness (QED) is 0.171. The Morgan fingerprint density at radius 2 is 0.732 bits per heavy atom. The van der Waals surface area contributed by atoms with Gasteiger partial charge in [-0.2, -0.15) is 0 Å². The number of rotatable bonds is 6. The summed E-state index contributed by atoms with van der Waals surface area (Å²) in [5.41, 5.74) is 11.3. The molecule has 0 saturated heterocycles. The van der Waals surface area contributed by atoms with Gasteiger partial charge < -0.3 is 4.57 Å². The molecule has 3 aromatic heterocycles. The van der Waals surface area contributed by atoms with Gasteiger partial charge in [-0.3, -0.25) is 0 Å². The highest BCUT2D eigenvalue weighted by Crippen LogP contribution is 2.40. The van der Waals surface area contributed by atoms with Gasteiger partial charge in [0, 0.05) is 53.3 Å².